The molecular formula is C24H31N5O2. The van der Waals surface area contributed by atoms with Crippen molar-refractivity contribution in [2.24, 2.45) is 0 Å². The van der Waals surface area contributed by atoms with Crippen LogP contribution in [0.1, 0.15) is 31.4 Å². The molecule has 0 bridgehead atoms. The molecule has 7 heteroatoms. The number of amides is 2. The molecule has 2 fully saturated rings. The van der Waals surface area contributed by atoms with Gasteiger partial charge < -0.3 is 15.5 Å². The molecule has 2 saturated heterocycles. The standard InChI is InChI=1S/C24H31N5O2/c1-25-23(31)24(21-7-2-3-13-26-21)12-6-14-28(18-24)17-22(30)27-19-8-10-20(11-9-19)29-15-4-5-16-29/h2-3,7-11,13H,4-6,12,14-18H2,1H3,(H,25,31)(H,27,30)/t24-/m0/s1. The highest BCUT2D eigenvalue weighted by Gasteiger charge is 2.44. The summed E-state index contributed by atoms with van der Waals surface area (Å²) in [4.78, 5) is 34.5. The zero-order valence-electron chi connectivity index (χ0n) is 18.1. The number of nitrogens with zero attached hydrogens (tertiary/aromatic N) is 3. The number of carbonyl (C=O) groups is 2. The molecule has 1 atom stereocenters. The van der Waals surface area contributed by atoms with Gasteiger partial charge in [0.25, 0.3) is 0 Å². The second-order valence-electron chi connectivity index (χ2n) is 8.48. The Labute approximate surface area is 183 Å². The van der Waals surface area contributed by atoms with Gasteiger partial charge in [-0.25, -0.2) is 0 Å². The first-order chi connectivity index (χ1) is 15.1. The van der Waals surface area contributed by atoms with Crippen molar-refractivity contribution in [3.05, 3.63) is 54.4 Å². The van der Waals surface area contributed by atoms with Gasteiger partial charge in [0, 0.05) is 44.3 Å². The van der Waals surface area contributed by atoms with Crippen LogP contribution in [0, 0.1) is 0 Å². The number of benzene rings is 1. The third-order valence-electron chi connectivity index (χ3n) is 6.38. The summed E-state index contributed by atoms with van der Waals surface area (Å²) in [5.74, 6) is -0.114. The fourth-order valence-corrected chi connectivity index (χ4v) is 4.81. The lowest BCUT2D eigenvalue weighted by molar-refractivity contribution is -0.130. The van der Waals surface area contributed by atoms with E-state index in [4.69, 9.17) is 0 Å². The van der Waals surface area contributed by atoms with Gasteiger partial charge in [-0.3, -0.25) is 19.5 Å². The van der Waals surface area contributed by atoms with Crippen molar-refractivity contribution in [1.82, 2.24) is 15.2 Å². The first-order valence-electron chi connectivity index (χ1n) is 11.1. The van der Waals surface area contributed by atoms with Gasteiger partial charge in [0.05, 0.1) is 12.2 Å². The van der Waals surface area contributed by atoms with Gasteiger partial charge in [0.2, 0.25) is 11.8 Å². The number of hydrogen-bond donors (Lipinski definition) is 2. The zero-order chi connectivity index (χ0) is 21.7. The second-order valence-corrected chi connectivity index (χ2v) is 8.48. The van der Waals surface area contributed by atoms with Gasteiger partial charge in [0.15, 0.2) is 0 Å². The molecule has 2 aromatic rings. The predicted molar refractivity (Wildman–Crippen MR) is 122 cm³/mol. The van der Waals surface area contributed by atoms with E-state index in [-0.39, 0.29) is 18.4 Å². The number of piperidine rings is 1. The minimum atomic E-state index is -0.730. The molecule has 1 aromatic heterocycles. The summed E-state index contributed by atoms with van der Waals surface area (Å²) in [6.07, 6.45) is 5.76. The van der Waals surface area contributed by atoms with Crippen LogP contribution in [0.2, 0.25) is 0 Å². The molecule has 0 aliphatic carbocycles. The van der Waals surface area contributed by atoms with Gasteiger partial charge in [-0.05, 0) is 68.6 Å². The largest absolute Gasteiger partial charge is 0.372 e. The molecule has 7 nitrogen and oxygen atoms in total. The monoisotopic (exact) mass is 421 g/mol. The van der Waals surface area contributed by atoms with Crippen LogP contribution in [-0.2, 0) is 15.0 Å². The van der Waals surface area contributed by atoms with E-state index in [0.717, 1.165) is 43.9 Å². The molecule has 0 unspecified atom stereocenters. The SMILES string of the molecule is CNC(=O)[C@@]1(c2ccccn2)CCCN(CC(=O)Nc2ccc(N3CCCC3)cc2)C1. The van der Waals surface area contributed by atoms with E-state index in [1.165, 1.54) is 18.5 Å². The van der Waals surface area contributed by atoms with Crippen LogP contribution in [-0.4, -0.2) is 61.5 Å². The number of likely N-dealkylation sites (tertiary alicyclic amines) is 1. The normalized spacial score (nSPS) is 21.6. The minimum absolute atomic E-state index is 0.0474. The summed E-state index contributed by atoms with van der Waals surface area (Å²) in [7, 11) is 1.66. The molecule has 1 aromatic carbocycles. The molecule has 2 N–H and O–H groups in total. The van der Waals surface area contributed by atoms with E-state index >= 15 is 0 Å². The quantitative estimate of drug-likeness (QED) is 0.749. The van der Waals surface area contributed by atoms with Gasteiger partial charge in [-0.2, -0.15) is 0 Å². The van der Waals surface area contributed by atoms with Crippen LogP contribution in [0.15, 0.2) is 48.7 Å². The molecule has 2 amide bonds. The molecule has 4 rings (SSSR count). The van der Waals surface area contributed by atoms with Crippen LogP contribution in [0.4, 0.5) is 11.4 Å². The Morgan fingerprint density at radius 3 is 2.48 bits per heavy atom. The molecule has 0 spiro atoms. The number of hydrogen-bond acceptors (Lipinski definition) is 5. The minimum Gasteiger partial charge on any atom is -0.372 e. The first-order valence-corrected chi connectivity index (χ1v) is 11.1. The lowest BCUT2D eigenvalue weighted by atomic mass is 9.75. The Balaban J connectivity index is 1.40. The number of rotatable bonds is 6. The van der Waals surface area contributed by atoms with Crippen molar-refractivity contribution in [2.75, 3.05) is 50.0 Å². The number of carbonyl (C=O) groups excluding carboxylic acids is 2. The molecule has 0 saturated carbocycles. The van der Waals surface area contributed by atoms with E-state index in [1.54, 1.807) is 13.2 Å². The Morgan fingerprint density at radius 2 is 1.81 bits per heavy atom. The Bertz CT molecular complexity index is 896. The van der Waals surface area contributed by atoms with E-state index < -0.39 is 5.41 Å². The molecule has 2 aliphatic rings. The third-order valence-corrected chi connectivity index (χ3v) is 6.38. The second kappa shape index (κ2) is 9.47. The van der Waals surface area contributed by atoms with Crippen LogP contribution in [0.5, 0.6) is 0 Å². The number of likely N-dealkylation sites (N-methyl/N-ethyl adjacent to an activating group) is 1. The van der Waals surface area contributed by atoms with Crippen LogP contribution in [0.3, 0.4) is 0 Å². The summed E-state index contributed by atoms with van der Waals surface area (Å²) < 4.78 is 0. The van der Waals surface area contributed by atoms with E-state index in [1.807, 2.05) is 30.3 Å². The van der Waals surface area contributed by atoms with Crippen molar-refractivity contribution in [1.29, 1.82) is 0 Å². The molecule has 31 heavy (non-hydrogen) atoms. The smallest absolute Gasteiger partial charge is 0.238 e. The van der Waals surface area contributed by atoms with Gasteiger partial charge in [-0.15, -0.1) is 0 Å². The van der Waals surface area contributed by atoms with E-state index in [0.29, 0.717) is 6.54 Å². The van der Waals surface area contributed by atoms with Crippen LogP contribution < -0.4 is 15.5 Å². The average Bonchev–Trinajstić information content (AvgIpc) is 3.34. The molecule has 0 radical (unpaired) electrons. The van der Waals surface area contributed by atoms with Crippen molar-refractivity contribution < 1.29 is 9.59 Å². The van der Waals surface area contributed by atoms with Gasteiger partial charge in [0.1, 0.15) is 5.41 Å². The van der Waals surface area contributed by atoms with Gasteiger partial charge in [-0.1, -0.05) is 6.07 Å². The molecular weight excluding hydrogens is 390 g/mol. The highest BCUT2D eigenvalue weighted by molar-refractivity contribution is 5.93. The third kappa shape index (κ3) is 4.71. The van der Waals surface area contributed by atoms with Crippen molar-refractivity contribution in [3.8, 4) is 0 Å². The Hall–Kier alpha value is -2.93. The fraction of sp³-hybridized carbons (Fsp3) is 0.458. The van der Waals surface area contributed by atoms with E-state index in [2.05, 4.69) is 37.6 Å². The lowest BCUT2D eigenvalue weighted by Gasteiger charge is -2.40. The molecule has 3 heterocycles. The first kappa shape index (κ1) is 21.3. The van der Waals surface area contributed by atoms with Gasteiger partial charge >= 0.3 is 0 Å². The Kier molecular flexibility index (Phi) is 6.51. The summed E-state index contributed by atoms with van der Waals surface area (Å²) in [5.41, 5.74) is 2.03. The number of nitrogens with one attached hydrogen (secondary N) is 2. The highest BCUT2D eigenvalue weighted by Crippen LogP contribution is 2.33. The van der Waals surface area contributed by atoms with Crippen molar-refractivity contribution in [2.45, 2.75) is 31.1 Å². The Morgan fingerprint density at radius 1 is 1.03 bits per heavy atom. The molecule has 2 aliphatic heterocycles. The van der Waals surface area contributed by atoms with E-state index in [9.17, 15) is 9.59 Å². The molecule has 164 valence electrons. The number of pyridine rings is 1. The highest BCUT2D eigenvalue weighted by atomic mass is 16.2. The van der Waals surface area contributed by atoms with Crippen LogP contribution >= 0.6 is 0 Å². The average molecular weight is 422 g/mol. The summed E-state index contributed by atoms with van der Waals surface area (Å²) in [5, 5.41) is 5.81. The van der Waals surface area contributed by atoms with Crippen molar-refractivity contribution >= 4 is 23.2 Å². The fourth-order valence-electron chi connectivity index (χ4n) is 4.81. The zero-order valence-corrected chi connectivity index (χ0v) is 18.1. The predicted octanol–water partition coefficient (Wildman–Crippen LogP) is 2.40. The maximum absolute atomic E-state index is 12.9. The topological polar surface area (TPSA) is 77.6 Å². The van der Waals surface area contributed by atoms with Crippen molar-refractivity contribution in [3.63, 3.8) is 0 Å². The number of aromatic nitrogens is 1. The summed E-state index contributed by atoms with van der Waals surface area (Å²) >= 11 is 0. The maximum Gasteiger partial charge on any atom is 0.238 e. The van der Waals surface area contributed by atoms with Crippen LogP contribution in [0.25, 0.3) is 0 Å². The summed E-state index contributed by atoms with van der Waals surface area (Å²) in [6.45, 7) is 3.71. The number of anilines is 2. The maximum atomic E-state index is 12.9. The summed E-state index contributed by atoms with van der Waals surface area (Å²) in [6, 6.07) is 13.7. The lowest BCUT2D eigenvalue weighted by Crippen LogP contribution is -2.55.